The van der Waals surface area contributed by atoms with E-state index < -0.39 is 35.8 Å². The van der Waals surface area contributed by atoms with Gasteiger partial charge in [0.1, 0.15) is 12.7 Å². The molecule has 0 aromatic carbocycles. The van der Waals surface area contributed by atoms with Crippen LogP contribution in [0.2, 0.25) is 0 Å². The summed E-state index contributed by atoms with van der Waals surface area (Å²) in [5, 5.41) is 9.09. The predicted molar refractivity (Wildman–Crippen MR) is 74.3 cm³/mol. The van der Waals surface area contributed by atoms with Gasteiger partial charge in [-0.25, -0.2) is 4.79 Å². The number of carboxylic acid groups (broad SMARTS) is 1. The molecule has 0 aliphatic heterocycles. The third-order valence-electron chi connectivity index (χ3n) is 3.13. The second kappa shape index (κ2) is 7.61. The molecular weight excluding hydrogens is 276 g/mol. The number of carbonyl (C=O) groups is 3. The highest BCUT2D eigenvalue weighted by atomic mass is 16.6. The van der Waals surface area contributed by atoms with E-state index >= 15 is 0 Å². The number of rotatable bonds is 6. The highest BCUT2D eigenvalue weighted by Gasteiger charge is 2.34. The van der Waals surface area contributed by atoms with Crippen LogP contribution in [0.5, 0.6) is 0 Å². The van der Waals surface area contributed by atoms with Crippen molar-refractivity contribution < 1.29 is 29.0 Å². The van der Waals surface area contributed by atoms with Gasteiger partial charge in [-0.15, -0.1) is 0 Å². The van der Waals surface area contributed by atoms with Crippen molar-refractivity contribution in [3.63, 3.8) is 0 Å². The van der Waals surface area contributed by atoms with Crippen molar-refractivity contribution in [3.8, 4) is 0 Å². The molecule has 0 spiro atoms. The SMILES string of the molecule is C=C(C)C(=O)OC(C)COC(=O)C1C=CCCC1C(=O)O. The Morgan fingerprint density at radius 2 is 2.10 bits per heavy atom. The van der Waals surface area contributed by atoms with Gasteiger partial charge in [0, 0.05) is 5.57 Å². The first-order valence-electron chi connectivity index (χ1n) is 6.75. The molecule has 0 aromatic heterocycles. The van der Waals surface area contributed by atoms with Crippen LogP contribution in [0, 0.1) is 11.8 Å². The van der Waals surface area contributed by atoms with Gasteiger partial charge in [-0.3, -0.25) is 9.59 Å². The number of hydrogen-bond donors (Lipinski definition) is 1. The maximum Gasteiger partial charge on any atom is 0.333 e. The third kappa shape index (κ3) is 5.06. The highest BCUT2D eigenvalue weighted by Crippen LogP contribution is 2.26. The number of hydrogen-bond acceptors (Lipinski definition) is 5. The van der Waals surface area contributed by atoms with Crippen molar-refractivity contribution in [2.45, 2.75) is 32.8 Å². The Morgan fingerprint density at radius 1 is 1.43 bits per heavy atom. The molecule has 1 aliphatic carbocycles. The Balaban J connectivity index is 2.50. The van der Waals surface area contributed by atoms with Gasteiger partial charge in [0.15, 0.2) is 0 Å². The van der Waals surface area contributed by atoms with E-state index in [1.54, 1.807) is 19.1 Å². The smallest absolute Gasteiger partial charge is 0.333 e. The molecule has 116 valence electrons. The molecule has 0 fully saturated rings. The number of ether oxygens (including phenoxy) is 2. The van der Waals surface area contributed by atoms with Gasteiger partial charge in [0.05, 0.1) is 11.8 Å². The van der Waals surface area contributed by atoms with E-state index in [-0.39, 0.29) is 12.2 Å². The molecule has 1 aliphatic rings. The lowest BCUT2D eigenvalue weighted by atomic mass is 9.84. The average Bonchev–Trinajstić information content (AvgIpc) is 2.44. The molecule has 0 amide bonds. The molecule has 0 radical (unpaired) electrons. The molecule has 1 rings (SSSR count). The minimum Gasteiger partial charge on any atom is -0.481 e. The molecule has 1 N–H and O–H groups in total. The maximum atomic E-state index is 11.9. The lowest BCUT2D eigenvalue weighted by molar-refractivity contribution is -0.161. The third-order valence-corrected chi connectivity index (χ3v) is 3.13. The minimum absolute atomic E-state index is 0.117. The maximum absolute atomic E-state index is 11.9. The molecule has 6 nitrogen and oxygen atoms in total. The number of carbonyl (C=O) groups excluding carboxylic acids is 2. The summed E-state index contributed by atoms with van der Waals surface area (Å²) in [6.45, 7) is 6.43. The van der Waals surface area contributed by atoms with Crippen LogP contribution in [0.4, 0.5) is 0 Å². The van der Waals surface area contributed by atoms with Crippen LogP contribution >= 0.6 is 0 Å². The first-order chi connectivity index (χ1) is 9.82. The summed E-state index contributed by atoms with van der Waals surface area (Å²) >= 11 is 0. The van der Waals surface area contributed by atoms with Crippen LogP contribution < -0.4 is 0 Å². The molecule has 0 bridgehead atoms. The Morgan fingerprint density at radius 3 is 2.67 bits per heavy atom. The molecule has 3 atom stereocenters. The molecule has 3 unspecified atom stereocenters. The standard InChI is InChI=1S/C15H20O6/c1-9(2)14(18)21-10(3)8-20-15(19)12-7-5-4-6-11(12)13(16)17/h5,7,10-12H,1,4,6,8H2,2-3H3,(H,16,17). The second-order valence-corrected chi connectivity index (χ2v) is 5.10. The number of esters is 2. The van der Waals surface area contributed by atoms with E-state index in [4.69, 9.17) is 14.6 Å². The van der Waals surface area contributed by atoms with Crippen molar-refractivity contribution in [1.82, 2.24) is 0 Å². The Labute approximate surface area is 123 Å². The fourth-order valence-electron chi connectivity index (χ4n) is 1.97. The van der Waals surface area contributed by atoms with Crippen molar-refractivity contribution in [2.75, 3.05) is 6.61 Å². The summed E-state index contributed by atoms with van der Waals surface area (Å²) < 4.78 is 10.0. The van der Waals surface area contributed by atoms with Crippen molar-refractivity contribution in [2.24, 2.45) is 11.8 Å². The Hall–Kier alpha value is -2.11. The lowest BCUT2D eigenvalue weighted by Crippen LogP contribution is -2.33. The summed E-state index contributed by atoms with van der Waals surface area (Å²) in [5.74, 6) is -3.74. The number of aliphatic carboxylic acids is 1. The molecular formula is C15H20O6. The van der Waals surface area contributed by atoms with E-state index in [0.29, 0.717) is 12.8 Å². The van der Waals surface area contributed by atoms with E-state index in [0.717, 1.165) is 0 Å². The normalized spacial score (nSPS) is 22.2. The van der Waals surface area contributed by atoms with Gasteiger partial charge in [0.25, 0.3) is 0 Å². The fraction of sp³-hybridized carbons (Fsp3) is 0.533. The topological polar surface area (TPSA) is 89.9 Å². The fourth-order valence-corrected chi connectivity index (χ4v) is 1.97. The molecule has 0 saturated heterocycles. The first kappa shape index (κ1) is 16.9. The van der Waals surface area contributed by atoms with Crippen LogP contribution in [0.25, 0.3) is 0 Å². The van der Waals surface area contributed by atoms with Crippen LogP contribution in [0.15, 0.2) is 24.3 Å². The quantitative estimate of drug-likeness (QED) is 0.456. The summed E-state index contributed by atoms with van der Waals surface area (Å²) in [7, 11) is 0. The van der Waals surface area contributed by atoms with Gasteiger partial charge < -0.3 is 14.6 Å². The predicted octanol–water partition coefficient (Wildman–Crippen LogP) is 1.70. The van der Waals surface area contributed by atoms with Crippen molar-refractivity contribution >= 4 is 17.9 Å². The lowest BCUT2D eigenvalue weighted by Gasteiger charge is -2.23. The van der Waals surface area contributed by atoms with Crippen LogP contribution in [-0.2, 0) is 23.9 Å². The largest absolute Gasteiger partial charge is 0.481 e. The summed E-state index contributed by atoms with van der Waals surface area (Å²) in [4.78, 5) is 34.3. The zero-order chi connectivity index (χ0) is 16.0. The van der Waals surface area contributed by atoms with Gasteiger partial charge >= 0.3 is 17.9 Å². The second-order valence-electron chi connectivity index (χ2n) is 5.10. The van der Waals surface area contributed by atoms with E-state index in [9.17, 15) is 14.4 Å². The monoisotopic (exact) mass is 296 g/mol. The molecule has 6 heteroatoms. The van der Waals surface area contributed by atoms with Gasteiger partial charge in [-0.2, -0.15) is 0 Å². The van der Waals surface area contributed by atoms with E-state index in [1.165, 1.54) is 6.92 Å². The van der Waals surface area contributed by atoms with Crippen molar-refractivity contribution in [1.29, 1.82) is 0 Å². The summed E-state index contributed by atoms with van der Waals surface area (Å²) in [6.07, 6.45) is 3.76. The average molecular weight is 296 g/mol. The first-order valence-corrected chi connectivity index (χ1v) is 6.75. The summed E-state index contributed by atoms with van der Waals surface area (Å²) in [5.41, 5.74) is 0.259. The number of carboxylic acids is 1. The minimum atomic E-state index is -1.01. The van der Waals surface area contributed by atoms with Gasteiger partial charge in [0.2, 0.25) is 0 Å². The van der Waals surface area contributed by atoms with E-state index in [2.05, 4.69) is 6.58 Å². The zero-order valence-electron chi connectivity index (χ0n) is 12.2. The number of allylic oxidation sites excluding steroid dienone is 1. The zero-order valence-corrected chi connectivity index (χ0v) is 12.2. The highest BCUT2D eigenvalue weighted by molar-refractivity contribution is 5.87. The van der Waals surface area contributed by atoms with Crippen LogP contribution in [-0.4, -0.2) is 35.7 Å². The van der Waals surface area contributed by atoms with Crippen molar-refractivity contribution in [3.05, 3.63) is 24.3 Å². The Kier molecular flexibility index (Phi) is 6.14. The Bertz CT molecular complexity index is 465. The summed E-state index contributed by atoms with van der Waals surface area (Å²) in [6, 6.07) is 0. The van der Waals surface area contributed by atoms with E-state index in [1.807, 2.05) is 0 Å². The van der Waals surface area contributed by atoms with Crippen LogP contribution in [0.1, 0.15) is 26.7 Å². The van der Waals surface area contributed by atoms with Crippen LogP contribution in [0.3, 0.4) is 0 Å². The van der Waals surface area contributed by atoms with Gasteiger partial charge in [-0.1, -0.05) is 18.7 Å². The molecule has 0 aromatic rings. The van der Waals surface area contributed by atoms with Gasteiger partial charge in [-0.05, 0) is 26.7 Å². The molecule has 0 saturated carbocycles. The molecule has 0 heterocycles. The molecule has 21 heavy (non-hydrogen) atoms.